The highest BCUT2D eigenvalue weighted by Crippen LogP contribution is 2.52. The summed E-state index contributed by atoms with van der Waals surface area (Å²) in [6, 6.07) is 12.7. The summed E-state index contributed by atoms with van der Waals surface area (Å²) < 4.78 is 0. The number of fused-ring (bicyclic) bond motifs is 2. The van der Waals surface area contributed by atoms with Gasteiger partial charge in [0.15, 0.2) is 0 Å². The molecule has 9 nitrogen and oxygen atoms in total. The summed E-state index contributed by atoms with van der Waals surface area (Å²) in [5.74, 6) is 0.433. The molecule has 1 heterocycles. The maximum absolute atomic E-state index is 12.9. The summed E-state index contributed by atoms with van der Waals surface area (Å²) >= 11 is 1.17. The Hall–Kier alpha value is -3.92. The molecule has 0 spiro atoms. The molecule has 2 aliphatic carbocycles. The lowest BCUT2D eigenvalue weighted by atomic mass is 9.77. The van der Waals surface area contributed by atoms with Gasteiger partial charge in [0.1, 0.15) is 5.01 Å². The minimum Gasteiger partial charge on any atom is -0.326 e. The Kier molecular flexibility index (Phi) is 5.45. The predicted octanol–water partition coefficient (Wildman–Crippen LogP) is 4.91. The third-order valence-electron chi connectivity index (χ3n) is 6.57. The van der Waals surface area contributed by atoms with E-state index in [1.165, 1.54) is 23.5 Å². The summed E-state index contributed by atoms with van der Waals surface area (Å²) in [4.78, 5) is 35.8. The first-order valence-electron chi connectivity index (χ1n) is 10.8. The number of benzene rings is 2. The molecule has 2 aliphatic rings. The van der Waals surface area contributed by atoms with Crippen LogP contribution in [0.5, 0.6) is 0 Å². The second kappa shape index (κ2) is 8.45. The molecular weight excluding hydrogens is 454 g/mol. The van der Waals surface area contributed by atoms with E-state index in [1.54, 1.807) is 36.4 Å². The number of nitrogens with one attached hydrogen (secondary N) is 2. The Morgan fingerprint density at radius 2 is 1.79 bits per heavy atom. The van der Waals surface area contributed by atoms with E-state index in [2.05, 4.69) is 33.0 Å². The van der Waals surface area contributed by atoms with Gasteiger partial charge >= 0.3 is 0 Å². The Balaban J connectivity index is 1.21. The SMILES string of the molecule is C[C@@]1(C(=O)Nc2ccc(C(=O)Nc3nnc(-c4ccc([N+](=O)[O-])cc4)s3)cc2)C[C@H]2C=C[C@H]1C2. The second-order valence-corrected chi connectivity index (χ2v) is 9.79. The van der Waals surface area contributed by atoms with Crippen LogP contribution in [0, 0.1) is 27.4 Å². The van der Waals surface area contributed by atoms with Gasteiger partial charge in [-0.15, -0.1) is 10.2 Å². The highest BCUT2D eigenvalue weighted by atomic mass is 32.1. The van der Waals surface area contributed by atoms with Crippen molar-refractivity contribution in [3.8, 4) is 10.6 Å². The number of carbonyl (C=O) groups excluding carboxylic acids is 2. The van der Waals surface area contributed by atoms with Gasteiger partial charge in [-0.05, 0) is 61.1 Å². The lowest BCUT2D eigenvalue weighted by Crippen LogP contribution is -2.36. The van der Waals surface area contributed by atoms with Gasteiger partial charge in [0, 0.05) is 28.9 Å². The molecule has 34 heavy (non-hydrogen) atoms. The van der Waals surface area contributed by atoms with Crippen molar-refractivity contribution in [2.24, 2.45) is 17.3 Å². The number of nitrogens with zero attached hydrogens (tertiary/aromatic N) is 3. The molecule has 0 radical (unpaired) electrons. The number of anilines is 2. The molecule has 5 rings (SSSR count). The summed E-state index contributed by atoms with van der Waals surface area (Å²) in [6.07, 6.45) is 6.27. The number of hydrogen-bond donors (Lipinski definition) is 2. The first kappa shape index (κ1) is 21.9. The molecule has 2 N–H and O–H groups in total. The number of carbonyl (C=O) groups is 2. The van der Waals surface area contributed by atoms with Gasteiger partial charge in [-0.3, -0.25) is 25.0 Å². The van der Waals surface area contributed by atoms with E-state index in [1.807, 2.05) is 6.92 Å². The number of aromatic nitrogens is 2. The largest absolute Gasteiger partial charge is 0.326 e. The molecule has 2 bridgehead atoms. The van der Waals surface area contributed by atoms with Gasteiger partial charge in [0.25, 0.3) is 11.6 Å². The quantitative estimate of drug-likeness (QED) is 0.296. The van der Waals surface area contributed by atoms with Crippen LogP contribution in [0.4, 0.5) is 16.5 Å². The molecule has 1 fully saturated rings. The first-order chi connectivity index (χ1) is 16.3. The number of allylic oxidation sites excluding steroid dienone is 2. The number of hydrogen-bond acceptors (Lipinski definition) is 7. The van der Waals surface area contributed by atoms with Gasteiger partial charge in [-0.25, -0.2) is 0 Å². The highest BCUT2D eigenvalue weighted by Gasteiger charge is 2.49. The number of amides is 2. The highest BCUT2D eigenvalue weighted by molar-refractivity contribution is 7.18. The van der Waals surface area contributed by atoms with Gasteiger partial charge in [0.05, 0.1) is 10.3 Å². The van der Waals surface area contributed by atoms with E-state index >= 15 is 0 Å². The van der Waals surface area contributed by atoms with Crippen molar-refractivity contribution in [1.82, 2.24) is 10.2 Å². The average Bonchev–Trinajstić information content (AvgIpc) is 3.56. The molecule has 2 amide bonds. The van der Waals surface area contributed by atoms with E-state index < -0.39 is 10.3 Å². The van der Waals surface area contributed by atoms with Crippen molar-refractivity contribution < 1.29 is 14.5 Å². The zero-order valence-electron chi connectivity index (χ0n) is 18.2. The van der Waals surface area contributed by atoms with Crippen LogP contribution in [0.3, 0.4) is 0 Å². The van der Waals surface area contributed by atoms with Crippen LogP contribution >= 0.6 is 11.3 Å². The fourth-order valence-electron chi connectivity index (χ4n) is 4.62. The fourth-order valence-corrected chi connectivity index (χ4v) is 5.36. The van der Waals surface area contributed by atoms with E-state index in [-0.39, 0.29) is 23.4 Å². The van der Waals surface area contributed by atoms with Crippen LogP contribution in [0.25, 0.3) is 10.6 Å². The van der Waals surface area contributed by atoms with Crippen LogP contribution in [0.2, 0.25) is 0 Å². The molecule has 3 aromatic rings. The molecule has 1 aromatic heterocycles. The molecule has 0 unspecified atom stereocenters. The summed E-state index contributed by atoms with van der Waals surface area (Å²) in [6.45, 7) is 2.02. The zero-order valence-corrected chi connectivity index (χ0v) is 19.0. The van der Waals surface area contributed by atoms with Crippen molar-refractivity contribution >= 4 is 39.7 Å². The normalized spacial score (nSPS) is 22.5. The fraction of sp³-hybridized carbons (Fsp3) is 0.250. The first-order valence-corrected chi connectivity index (χ1v) is 11.6. The van der Waals surface area contributed by atoms with Crippen molar-refractivity contribution in [2.75, 3.05) is 10.6 Å². The van der Waals surface area contributed by atoms with Gasteiger partial charge < -0.3 is 5.32 Å². The third kappa shape index (κ3) is 4.08. The Labute approximate surface area is 199 Å². The van der Waals surface area contributed by atoms with Crippen LogP contribution in [0.15, 0.2) is 60.7 Å². The Bertz CT molecular complexity index is 1300. The van der Waals surface area contributed by atoms with Crippen LogP contribution in [-0.4, -0.2) is 26.9 Å². The van der Waals surface area contributed by atoms with Crippen molar-refractivity contribution in [3.05, 3.63) is 76.4 Å². The van der Waals surface area contributed by atoms with Gasteiger partial charge in [-0.1, -0.05) is 30.4 Å². The smallest absolute Gasteiger partial charge is 0.269 e. The zero-order chi connectivity index (χ0) is 23.9. The third-order valence-corrected chi connectivity index (χ3v) is 7.46. The minimum atomic E-state index is -0.470. The van der Waals surface area contributed by atoms with Crippen molar-refractivity contribution in [1.29, 1.82) is 0 Å². The molecular formula is C24H21N5O4S. The maximum atomic E-state index is 12.9. The minimum absolute atomic E-state index is 0.00850. The van der Waals surface area contributed by atoms with Crippen molar-refractivity contribution in [2.45, 2.75) is 19.8 Å². The monoisotopic (exact) mass is 475 g/mol. The van der Waals surface area contributed by atoms with Crippen LogP contribution < -0.4 is 10.6 Å². The number of rotatable bonds is 6. The van der Waals surface area contributed by atoms with Gasteiger partial charge in [-0.2, -0.15) is 0 Å². The van der Waals surface area contributed by atoms with Gasteiger partial charge in [0.2, 0.25) is 11.0 Å². The van der Waals surface area contributed by atoms with E-state index in [0.29, 0.717) is 32.9 Å². The van der Waals surface area contributed by atoms with E-state index in [9.17, 15) is 19.7 Å². The predicted molar refractivity (Wildman–Crippen MR) is 128 cm³/mol. The molecule has 3 atom stereocenters. The standard InChI is InChI=1S/C24H21N5O4S/c1-24(13-14-2-7-17(24)12-14)22(31)25-18-8-3-15(4-9-18)20(30)26-23-28-27-21(34-23)16-5-10-19(11-6-16)29(32)33/h2-11,14,17H,12-13H2,1H3,(H,25,31)(H,26,28,30)/t14-,17-,24+/m0/s1. The number of nitro benzene ring substituents is 1. The topological polar surface area (TPSA) is 127 Å². The van der Waals surface area contributed by atoms with Crippen LogP contribution in [-0.2, 0) is 4.79 Å². The molecule has 0 saturated heterocycles. The Morgan fingerprint density at radius 3 is 2.41 bits per heavy atom. The van der Waals surface area contributed by atoms with E-state index in [0.717, 1.165) is 12.8 Å². The molecule has 1 saturated carbocycles. The lowest BCUT2D eigenvalue weighted by Gasteiger charge is -2.29. The molecule has 2 aromatic carbocycles. The number of non-ortho nitro benzene ring substituents is 1. The number of nitro groups is 1. The second-order valence-electron chi connectivity index (χ2n) is 8.81. The maximum Gasteiger partial charge on any atom is 0.269 e. The summed E-state index contributed by atoms with van der Waals surface area (Å²) in [7, 11) is 0. The van der Waals surface area contributed by atoms with E-state index in [4.69, 9.17) is 0 Å². The average molecular weight is 476 g/mol. The molecule has 0 aliphatic heterocycles. The molecule has 10 heteroatoms. The Morgan fingerprint density at radius 1 is 1.06 bits per heavy atom. The molecule has 172 valence electrons. The summed E-state index contributed by atoms with van der Waals surface area (Å²) in [5.41, 5.74) is 1.32. The van der Waals surface area contributed by atoms with Crippen LogP contribution in [0.1, 0.15) is 30.1 Å². The van der Waals surface area contributed by atoms with Crippen molar-refractivity contribution in [3.63, 3.8) is 0 Å². The lowest BCUT2D eigenvalue weighted by molar-refractivity contribution is -0.384. The summed E-state index contributed by atoms with van der Waals surface area (Å²) in [5, 5.41) is 25.4.